The average Bonchev–Trinajstić information content (AvgIpc) is 2.92. The highest BCUT2D eigenvalue weighted by atomic mass is 15.0. The summed E-state index contributed by atoms with van der Waals surface area (Å²) in [4.78, 5) is 4.11. The maximum atomic E-state index is 9.68. The van der Waals surface area contributed by atoms with Crippen LogP contribution in [0.2, 0.25) is 0 Å². The second kappa shape index (κ2) is 6.93. The van der Waals surface area contributed by atoms with Crippen LogP contribution in [0, 0.1) is 47.8 Å². The Bertz CT molecular complexity index is 1100. The van der Waals surface area contributed by atoms with E-state index < -0.39 is 0 Å². The molecule has 3 aromatic rings. The van der Waals surface area contributed by atoms with Gasteiger partial charge in [-0.3, -0.25) is 4.98 Å². The van der Waals surface area contributed by atoms with Crippen molar-refractivity contribution in [2.45, 2.75) is 20.4 Å². The molecule has 0 aliphatic heterocycles. The van der Waals surface area contributed by atoms with Crippen molar-refractivity contribution >= 4 is 0 Å². The topological polar surface area (TPSA) is 89.2 Å². The molecule has 0 aliphatic rings. The number of pyridine rings is 1. The Kier molecular flexibility index (Phi) is 4.52. The third-order valence-electron chi connectivity index (χ3n) is 4.46. The van der Waals surface area contributed by atoms with Crippen LogP contribution in [0.4, 0.5) is 0 Å². The molecule has 124 valence electrons. The lowest BCUT2D eigenvalue weighted by Gasteiger charge is -2.10. The van der Waals surface area contributed by atoms with Crippen LogP contribution in [0.15, 0.2) is 42.7 Å². The van der Waals surface area contributed by atoms with Gasteiger partial charge in [-0.2, -0.15) is 15.8 Å². The highest BCUT2D eigenvalue weighted by Crippen LogP contribution is 2.32. The van der Waals surface area contributed by atoms with E-state index in [2.05, 4.69) is 27.8 Å². The molecule has 0 N–H and O–H groups in total. The molecule has 1 aromatic carbocycles. The maximum absolute atomic E-state index is 9.68. The lowest BCUT2D eigenvalue weighted by molar-refractivity contribution is 0.746. The summed E-state index contributed by atoms with van der Waals surface area (Å²) in [5.41, 5.74) is 6.23. The number of hydrogen-bond acceptors (Lipinski definition) is 4. The minimum absolute atomic E-state index is 0.512. The Hall–Kier alpha value is -3.88. The minimum atomic E-state index is 0.512. The second-order valence-corrected chi connectivity index (χ2v) is 6.00. The molecule has 0 aliphatic carbocycles. The van der Waals surface area contributed by atoms with Crippen molar-refractivity contribution in [1.29, 1.82) is 15.8 Å². The fourth-order valence-electron chi connectivity index (χ4n) is 3.14. The second-order valence-electron chi connectivity index (χ2n) is 6.00. The minimum Gasteiger partial charge on any atom is -0.343 e. The zero-order valence-electron chi connectivity index (χ0n) is 14.5. The quantitative estimate of drug-likeness (QED) is 0.726. The Morgan fingerprint density at radius 1 is 0.885 bits per heavy atom. The van der Waals surface area contributed by atoms with Crippen molar-refractivity contribution in [3.8, 4) is 29.3 Å². The SMILES string of the molecule is Cc1c(C#N)c(-c2ccc(C#N)cc2)c(C)n1Cc1cncc(C#N)c1. The molecule has 0 bridgehead atoms. The summed E-state index contributed by atoms with van der Waals surface area (Å²) < 4.78 is 2.06. The Balaban J connectivity index is 2.10. The van der Waals surface area contributed by atoms with Crippen LogP contribution in [-0.4, -0.2) is 9.55 Å². The molecule has 0 saturated carbocycles. The van der Waals surface area contributed by atoms with E-state index in [0.717, 1.165) is 28.1 Å². The van der Waals surface area contributed by atoms with E-state index in [4.69, 9.17) is 10.5 Å². The molecule has 0 amide bonds. The monoisotopic (exact) mass is 337 g/mol. The van der Waals surface area contributed by atoms with Crippen molar-refractivity contribution in [3.05, 3.63) is 76.4 Å². The smallest absolute Gasteiger partial charge is 0.102 e. The first-order chi connectivity index (χ1) is 12.6. The number of nitriles is 3. The van der Waals surface area contributed by atoms with Gasteiger partial charge in [-0.15, -0.1) is 0 Å². The zero-order valence-corrected chi connectivity index (χ0v) is 14.5. The molecule has 2 aromatic heterocycles. The molecule has 0 atom stereocenters. The van der Waals surface area contributed by atoms with E-state index in [0.29, 0.717) is 23.2 Å². The third-order valence-corrected chi connectivity index (χ3v) is 4.46. The van der Waals surface area contributed by atoms with Crippen LogP contribution in [0.1, 0.15) is 33.6 Å². The molecule has 0 unspecified atom stereocenters. The van der Waals surface area contributed by atoms with E-state index in [9.17, 15) is 5.26 Å². The molecular formula is C21H15N5. The van der Waals surface area contributed by atoms with Gasteiger partial charge in [0.05, 0.1) is 22.8 Å². The third kappa shape index (κ3) is 2.93. The fraction of sp³-hybridized carbons (Fsp3) is 0.143. The van der Waals surface area contributed by atoms with Gasteiger partial charge in [-0.05, 0) is 43.2 Å². The van der Waals surface area contributed by atoms with E-state index >= 15 is 0 Å². The molecule has 5 nitrogen and oxygen atoms in total. The standard InChI is InChI=1S/C21H15N5/c1-14-20(10-24)21(19-5-3-16(8-22)4-6-19)15(2)26(14)13-18-7-17(9-23)11-25-12-18/h3-7,11-12H,13H2,1-2H3. The van der Waals surface area contributed by atoms with E-state index in [-0.39, 0.29) is 0 Å². The van der Waals surface area contributed by atoms with Gasteiger partial charge in [0.1, 0.15) is 12.1 Å². The predicted molar refractivity (Wildman–Crippen MR) is 96.8 cm³/mol. The summed E-state index contributed by atoms with van der Waals surface area (Å²) in [5, 5.41) is 27.7. The van der Waals surface area contributed by atoms with Crippen molar-refractivity contribution < 1.29 is 0 Å². The first-order valence-electron chi connectivity index (χ1n) is 8.03. The van der Waals surface area contributed by atoms with Gasteiger partial charge in [0.15, 0.2) is 0 Å². The van der Waals surface area contributed by atoms with Crippen LogP contribution < -0.4 is 0 Å². The molecule has 0 saturated heterocycles. The fourth-order valence-corrected chi connectivity index (χ4v) is 3.14. The maximum Gasteiger partial charge on any atom is 0.102 e. The number of rotatable bonds is 3. The lowest BCUT2D eigenvalue weighted by atomic mass is 10.0. The number of benzene rings is 1. The number of hydrogen-bond donors (Lipinski definition) is 0. The van der Waals surface area contributed by atoms with Crippen LogP contribution in [0.3, 0.4) is 0 Å². The summed E-state index contributed by atoms with van der Waals surface area (Å²) in [5.74, 6) is 0. The molecule has 0 radical (unpaired) electrons. The van der Waals surface area contributed by atoms with Crippen molar-refractivity contribution in [3.63, 3.8) is 0 Å². The Labute approximate surface area is 152 Å². The molecule has 26 heavy (non-hydrogen) atoms. The van der Waals surface area contributed by atoms with Crippen molar-refractivity contribution in [1.82, 2.24) is 9.55 Å². The lowest BCUT2D eigenvalue weighted by Crippen LogP contribution is -2.05. The van der Waals surface area contributed by atoms with E-state index in [1.807, 2.05) is 26.0 Å². The summed E-state index contributed by atoms with van der Waals surface area (Å²) in [7, 11) is 0. The highest BCUT2D eigenvalue weighted by molar-refractivity contribution is 5.75. The summed E-state index contributed by atoms with van der Waals surface area (Å²) in [6.07, 6.45) is 3.26. The van der Waals surface area contributed by atoms with Gasteiger partial charge in [0.25, 0.3) is 0 Å². The van der Waals surface area contributed by atoms with Crippen molar-refractivity contribution in [2.75, 3.05) is 0 Å². The van der Waals surface area contributed by atoms with Gasteiger partial charge in [0, 0.05) is 35.9 Å². The summed E-state index contributed by atoms with van der Waals surface area (Å²) in [6.45, 7) is 4.42. The first-order valence-corrected chi connectivity index (χ1v) is 8.03. The first kappa shape index (κ1) is 17.0. The normalized spacial score (nSPS) is 9.96. The Morgan fingerprint density at radius 2 is 1.58 bits per heavy atom. The highest BCUT2D eigenvalue weighted by Gasteiger charge is 2.19. The van der Waals surface area contributed by atoms with Crippen LogP contribution in [-0.2, 0) is 6.54 Å². The molecule has 0 spiro atoms. The van der Waals surface area contributed by atoms with Crippen LogP contribution in [0.5, 0.6) is 0 Å². The number of aromatic nitrogens is 2. The number of nitrogens with zero attached hydrogens (tertiary/aromatic N) is 5. The summed E-state index contributed by atoms with van der Waals surface area (Å²) in [6, 6.07) is 15.5. The van der Waals surface area contributed by atoms with Gasteiger partial charge < -0.3 is 4.57 Å². The van der Waals surface area contributed by atoms with Crippen molar-refractivity contribution in [2.24, 2.45) is 0 Å². The zero-order chi connectivity index (χ0) is 18.7. The molecular weight excluding hydrogens is 322 g/mol. The van der Waals surface area contributed by atoms with E-state index in [1.165, 1.54) is 6.20 Å². The molecule has 3 rings (SSSR count). The van der Waals surface area contributed by atoms with Gasteiger partial charge in [-0.1, -0.05) is 12.1 Å². The summed E-state index contributed by atoms with van der Waals surface area (Å²) >= 11 is 0. The van der Waals surface area contributed by atoms with E-state index in [1.54, 1.807) is 24.4 Å². The van der Waals surface area contributed by atoms with Crippen LogP contribution in [0.25, 0.3) is 11.1 Å². The molecule has 2 heterocycles. The molecule has 0 fully saturated rings. The largest absolute Gasteiger partial charge is 0.343 e. The Morgan fingerprint density at radius 3 is 2.19 bits per heavy atom. The molecule has 5 heteroatoms. The van der Waals surface area contributed by atoms with Crippen LogP contribution >= 0.6 is 0 Å². The van der Waals surface area contributed by atoms with Gasteiger partial charge >= 0.3 is 0 Å². The predicted octanol–water partition coefficient (Wildman–Crippen LogP) is 3.83. The van der Waals surface area contributed by atoms with Gasteiger partial charge in [-0.25, -0.2) is 0 Å². The van der Waals surface area contributed by atoms with Gasteiger partial charge in [0.2, 0.25) is 0 Å². The average molecular weight is 337 g/mol.